The molecule has 0 saturated heterocycles. The average Bonchev–Trinajstić information content (AvgIpc) is 2.21. The summed E-state index contributed by atoms with van der Waals surface area (Å²) >= 11 is 0. The fourth-order valence-electron chi connectivity index (χ4n) is 1.15. The van der Waals surface area contributed by atoms with E-state index in [2.05, 4.69) is 10.1 Å². The zero-order valence-corrected chi connectivity index (χ0v) is 9.45. The Bertz CT molecular complexity index is 370. The number of rotatable bonds is 4. The van der Waals surface area contributed by atoms with E-state index < -0.39 is 0 Å². The number of aryl methyl sites for hydroxylation is 1. The number of carbonyl (C=O) groups is 2. The SMILES string of the molecule is CC(=O)OCCC(=O)Nc1ccc(C)cc1. The molecular weight excluding hydrogens is 206 g/mol. The van der Waals surface area contributed by atoms with Crippen LogP contribution < -0.4 is 5.32 Å². The fourth-order valence-corrected chi connectivity index (χ4v) is 1.15. The van der Waals surface area contributed by atoms with Gasteiger partial charge in [-0.25, -0.2) is 0 Å². The Kier molecular flexibility index (Phi) is 4.51. The minimum atomic E-state index is -0.372. The fraction of sp³-hybridized carbons (Fsp3) is 0.333. The van der Waals surface area contributed by atoms with Crippen LogP contribution in [0.2, 0.25) is 0 Å². The molecule has 1 rings (SSSR count). The highest BCUT2D eigenvalue weighted by molar-refractivity contribution is 5.90. The van der Waals surface area contributed by atoms with Crippen LogP contribution in [0, 0.1) is 6.92 Å². The quantitative estimate of drug-likeness (QED) is 0.790. The van der Waals surface area contributed by atoms with Crippen LogP contribution in [0.25, 0.3) is 0 Å². The molecule has 1 aromatic rings. The third-order valence-electron chi connectivity index (χ3n) is 1.97. The van der Waals surface area contributed by atoms with Gasteiger partial charge in [0, 0.05) is 12.6 Å². The van der Waals surface area contributed by atoms with Crippen molar-refractivity contribution in [3.05, 3.63) is 29.8 Å². The third-order valence-corrected chi connectivity index (χ3v) is 1.97. The smallest absolute Gasteiger partial charge is 0.302 e. The minimum Gasteiger partial charge on any atom is -0.465 e. The second kappa shape index (κ2) is 5.90. The molecule has 0 radical (unpaired) electrons. The van der Waals surface area contributed by atoms with Crippen LogP contribution in [-0.4, -0.2) is 18.5 Å². The van der Waals surface area contributed by atoms with Crippen molar-refractivity contribution in [2.75, 3.05) is 11.9 Å². The van der Waals surface area contributed by atoms with Crippen LogP contribution in [0.3, 0.4) is 0 Å². The summed E-state index contributed by atoms with van der Waals surface area (Å²) in [5, 5.41) is 2.71. The number of amides is 1. The molecule has 16 heavy (non-hydrogen) atoms. The summed E-state index contributed by atoms with van der Waals surface area (Å²) in [6.07, 6.45) is 0.174. The monoisotopic (exact) mass is 221 g/mol. The summed E-state index contributed by atoms with van der Waals surface area (Å²) in [6, 6.07) is 7.50. The van der Waals surface area contributed by atoms with Crippen LogP contribution in [0.4, 0.5) is 5.69 Å². The van der Waals surface area contributed by atoms with Crippen LogP contribution in [0.1, 0.15) is 18.9 Å². The zero-order chi connectivity index (χ0) is 12.0. The van der Waals surface area contributed by atoms with Crippen molar-refractivity contribution in [2.45, 2.75) is 20.3 Å². The Morgan fingerprint density at radius 2 is 1.88 bits per heavy atom. The molecular formula is C12H15NO3. The van der Waals surface area contributed by atoms with Gasteiger partial charge in [-0.1, -0.05) is 17.7 Å². The highest BCUT2D eigenvalue weighted by Crippen LogP contribution is 2.08. The third kappa shape index (κ3) is 4.59. The largest absolute Gasteiger partial charge is 0.465 e. The summed E-state index contributed by atoms with van der Waals surface area (Å²) in [5.41, 5.74) is 1.89. The second-order valence-corrected chi connectivity index (χ2v) is 3.50. The van der Waals surface area contributed by atoms with Crippen molar-refractivity contribution < 1.29 is 14.3 Å². The van der Waals surface area contributed by atoms with Crippen molar-refractivity contribution in [2.24, 2.45) is 0 Å². The van der Waals surface area contributed by atoms with Gasteiger partial charge >= 0.3 is 5.97 Å². The van der Waals surface area contributed by atoms with Crippen molar-refractivity contribution >= 4 is 17.6 Å². The molecule has 0 aliphatic rings. The first kappa shape index (κ1) is 12.2. The Balaban J connectivity index is 2.34. The van der Waals surface area contributed by atoms with Crippen molar-refractivity contribution in [3.63, 3.8) is 0 Å². The van der Waals surface area contributed by atoms with E-state index in [0.717, 1.165) is 11.3 Å². The van der Waals surface area contributed by atoms with Crippen molar-refractivity contribution in [1.29, 1.82) is 0 Å². The van der Waals surface area contributed by atoms with E-state index in [9.17, 15) is 9.59 Å². The number of hydrogen-bond donors (Lipinski definition) is 1. The molecule has 4 heteroatoms. The van der Waals surface area contributed by atoms with Gasteiger partial charge in [-0.05, 0) is 19.1 Å². The molecule has 0 aliphatic carbocycles. The molecule has 86 valence electrons. The molecule has 0 unspecified atom stereocenters. The van der Waals surface area contributed by atoms with Crippen molar-refractivity contribution in [1.82, 2.24) is 0 Å². The number of ether oxygens (including phenoxy) is 1. The molecule has 0 aliphatic heterocycles. The lowest BCUT2D eigenvalue weighted by Gasteiger charge is -2.05. The highest BCUT2D eigenvalue weighted by Gasteiger charge is 2.03. The predicted octanol–water partition coefficient (Wildman–Crippen LogP) is 1.89. The Morgan fingerprint density at radius 3 is 2.44 bits per heavy atom. The highest BCUT2D eigenvalue weighted by atomic mass is 16.5. The average molecular weight is 221 g/mol. The summed E-state index contributed by atoms with van der Waals surface area (Å²) < 4.78 is 4.67. The Morgan fingerprint density at radius 1 is 1.25 bits per heavy atom. The minimum absolute atomic E-state index is 0.118. The number of hydrogen-bond acceptors (Lipinski definition) is 3. The lowest BCUT2D eigenvalue weighted by atomic mass is 10.2. The van der Waals surface area contributed by atoms with Gasteiger partial charge in [-0.3, -0.25) is 9.59 Å². The maximum absolute atomic E-state index is 11.4. The van der Waals surface area contributed by atoms with Crippen LogP contribution in [-0.2, 0) is 14.3 Å². The van der Waals surface area contributed by atoms with Gasteiger partial charge in [-0.15, -0.1) is 0 Å². The van der Waals surface area contributed by atoms with E-state index in [1.54, 1.807) is 0 Å². The normalized spacial score (nSPS) is 9.62. The first-order chi connectivity index (χ1) is 7.58. The van der Waals surface area contributed by atoms with Gasteiger partial charge in [0.15, 0.2) is 0 Å². The van der Waals surface area contributed by atoms with E-state index in [4.69, 9.17) is 0 Å². The number of anilines is 1. The molecule has 4 nitrogen and oxygen atoms in total. The molecule has 0 atom stereocenters. The van der Waals surface area contributed by atoms with Gasteiger partial charge in [0.2, 0.25) is 5.91 Å². The maximum Gasteiger partial charge on any atom is 0.302 e. The van der Waals surface area contributed by atoms with E-state index in [1.165, 1.54) is 6.92 Å². The maximum atomic E-state index is 11.4. The van der Waals surface area contributed by atoms with Crippen LogP contribution >= 0.6 is 0 Å². The van der Waals surface area contributed by atoms with Gasteiger partial charge in [0.25, 0.3) is 0 Å². The first-order valence-electron chi connectivity index (χ1n) is 5.08. The molecule has 0 heterocycles. The molecule has 1 amide bonds. The molecule has 1 aromatic carbocycles. The standard InChI is InChI=1S/C12H15NO3/c1-9-3-5-11(6-4-9)13-12(15)7-8-16-10(2)14/h3-6H,7-8H2,1-2H3,(H,13,15). The lowest BCUT2D eigenvalue weighted by Crippen LogP contribution is -2.15. The van der Waals surface area contributed by atoms with Crippen LogP contribution in [0.5, 0.6) is 0 Å². The first-order valence-corrected chi connectivity index (χ1v) is 5.08. The van der Waals surface area contributed by atoms with Gasteiger partial charge in [-0.2, -0.15) is 0 Å². The second-order valence-electron chi connectivity index (χ2n) is 3.50. The lowest BCUT2D eigenvalue weighted by molar-refractivity contribution is -0.141. The van der Waals surface area contributed by atoms with Gasteiger partial charge in [0.1, 0.15) is 6.61 Å². The summed E-state index contributed by atoms with van der Waals surface area (Å²) in [7, 11) is 0. The Labute approximate surface area is 94.6 Å². The van der Waals surface area contributed by atoms with Gasteiger partial charge in [0.05, 0.1) is 6.42 Å². The van der Waals surface area contributed by atoms with E-state index >= 15 is 0 Å². The van der Waals surface area contributed by atoms with Crippen molar-refractivity contribution in [3.8, 4) is 0 Å². The van der Waals surface area contributed by atoms with E-state index in [1.807, 2.05) is 31.2 Å². The number of esters is 1. The topological polar surface area (TPSA) is 55.4 Å². The summed E-state index contributed by atoms with van der Waals surface area (Å²) in [6.45, 7) is 3.41. The zero-order valence-electron chi connectivity index (χ0n) is 9.45. The van der Waals surface area contributed by atoms with E-state index in [0.29, 0.717) is 0 Å². The summed E-state index contributed by atoms with van der Waals surface area (Å²) in [4.78, 5) is 21.8. The number of carbonyl (C=O) groups excluding carboxylic acids is 2. The molecule has 0 saturated carbocycles. The summed E-state index contributed by atoms with van der Waals surface area (Å²) in [5.74, 6) is -0.534. The van der Waals surface area contributed by atoms with Gasteiger partial charge < -0.3 is 10.1 Å². The molecule has 1 N–H and O–H groups in total. The molecule has 0 bridgehead atoms. The van der Waals surface area contributed by atoms with E-state index in [-0.39, 0.29) is 24.9 Å². The Hall–Kier alpha value is -1.84. The molecule has 0 spiro atoms. The number of nitrogens with one attached hydrogen (secondary N) is 1. The molecule has 0 aromatic heterocycles. The molecule has 0 fully saturated rings. The predicted molar refractivity (Wildman–Crippen MR) is 61.1 cm³/mol. The number of benzene rings is 1. The van der Waals surface area contributed by atoms with Crippen LogP contribution in [0.15, 0.2) is 24.3 Å².